The maximum absolute atomic E-state index is 13.4. The van der Waals surface area contributed by atoms with Gasteiger partial charge in [-0.15, -0.1) is 0 Å². The number of amides is 2. The third kappa shape index (κ3) is 3.98. The van der Waals surface area contributed by atoms with E-state index < -0.39 is 5.91 Å². The van der Waals surface area contributed by atoms with E-state index >= 15 is 0 Å². The van der Waals surface area contributed by atoms with E-state index in [1.165, 1.54) is 12.4 Å². The number of likely N-dealkylation sites (tertiary alicyclic amines) is 1. The normalized spacial score (nSPS) is 15.4. The second-order valence-corrected chi connectivity index (χ2v) is 8.86. The maximum Gasteiger partial charge on any atom is 0.302 e. The van der Waals surface area contributed by atoms with Gasteiger partial charge in [0.2, 0.25) is 5.91 Å². The number of nitrogens with one attached hydrogen (secondary N) is 1. The molecule has 0 saturated carbocycles. The highest BCUT2D eigenvalue weighted by molar-refractivity contribution is 6.14. The molecule has 184 valence electrons. The topological polar surface area (TPSA) is 132 Å². The quantitative estimate of drug-likeness (QED) is 0.353. The lowest BCUT2D eigenvalue weighted by molar-refractivity contribution is -0.125. The van der Waals surface area contributed by atoms with Gasteiger partial charge in [0.25, 0.3) is 5.91 Å². The summed E-state index contributed by atoms with van der Waals surface area (Å²) in [5, 5.41) is 3.19. The van der Waals surface area contributed by atoms with Crippen LogP contribution in [0.3, 0.4) is 0 Å². The Hall–Kier alpha value is -4.99. The van der Waals surface area contributed by atoms with Crippen LogP contribution in [0.1, 0.15) is 22.8 Å². The van der Waals surface area contributed by atoms with Gasteiger partial charge in [0.05, 0.1) is 17.0 Å². The summed E-state index contributed by atoms with van der Waals surface area (Å²) in [7, 11) is 0. The Morgan fingerprint density at radius 2 is 1.97 bits per heavy atom. The Labute approximate surface area is 211 Å². The van der Waals surface area contributed by atoms with E-state index in [0.717, 1.165) is 11.1 Å². The number of nitrogens with two attached hydrogens (primary N) is 1. The van der Waals surface area contributed by atoms with Crippen molar-refractivity contribution in [2.45, 2.75) is 12.5 Å². The van der Waals surface area contributed by atoms with Gasteiger partial charge in [0.15, 0.2) is 5.58 Å². The first kappa shape index (κ1) is 22.5. The average Bonchev–Trinajstić information content (AvgIpc) is 3.65. The second-order valence-electron chi connectivity index (χ2n) is 8.86. The number of hydrogen-bond donors (Lipinski definition) is 2. The highest BCUT2D eigenvalue weighted by Gasteiger charge is 2.30. The third-order valence-electron chi connectivity index (χ3n) is 6.64. The zero-order chi connectivity index (χ0) is 25.5. The van der Waals surface area contributed by atoms with Gasteiger partial charge in [0, 0.05) is 19.3 Å². The van der Waals surface area contributed by atoms with Crippen LogP contribution in [0.2, 0.25) is 0 Å². The number of hydrogen-bond acceptors (Lipinski definition) is 7. The zero-order valence-electron chi connectivity index (χ0n) is 19.8. The number of anilines is 2. The molecular formula is C27H23N7O3. The van der Waals surface area contributed by atoms with Gasteiger partial charge in [-0.1, -0.05) is 43.0 Å². The number of rotatable bonds is 5. The number of benzene rings is 2. The van der Waals surface area contributed by atoms with Gasteiger partial charge in [-0.2, -0.15) is 4.98 Å². The Balaban J connectivity index is 1.31. The molecule has 1 fully saturated rings. The summed E-state index contributed by atoms with van der Waals surface area (Å²) in [5.41, 5.74) is 10.2. The van der Waals surface area contributed by atoms with Crippen molar-refractivity contribution in [3.8, 4) is 11.1 Å². The molecule has 1 unspecified atom stereocenters. The lowest BCUT2D eigenvalue weighted by atomic mass is 10.1. The molecule has 1 atom stereocenters. The van der Waals surface area contributed by atoms with Crippen LogP contribution >= 0.6 is 0 Å². The smallest absolute Gasteiger partial charge is 0.302 e. The van der Waals surface area contributed by atoms with Crippen molar-refractivity contribution < 1.29 is 14.0 Å². The van der Waals surface area contributed by atoms with Crippen LogP contribution in [0, 0.1) is 0 Å². The lowest BCUT2D eigenvalue weighted by Gasteiger charge is -2.15. The van der Waals surface area contributed by atoms with Crippen molar-refractivity contribution in [3.05, 3.63) is 79.3 Å². The number of oxazole rings is 1. The molecule has 0 bridgehead atoms. The third-order valence-corrected chi connectivity index (χ3v) is 6.64. The van der Waals surface area contributed by atoms with E-state index in [1.54, 1.807) is 11.1 Å². The molecule has 2 aromatic carbocycles. The molecule has 10 heteroatoms. The number of aromatic nitrogens is 4. The van der Waals surface area contributed by atoms with Crippen LogP contribution in [-0.2, 0) is 4.79 Å². The summed E-state index contributed by atoms with van der Waals surface area (Å²) < 4.78 is 7.67. The number of nitrogens with zero attached hydrogens (tertiary/aromatic N) is 5. The van der Waals surface area contributed by atoms with Crippen molar-refractivity contribution >= 4 is 45.8 Å². The number of carbonyl (C=O) groups excluding carboxylic acids is 2. The number of nitrogen functional groups attached to an aromatic ring is 1. The summed E-state index contributed by atoms with van der Waals surface area (Å²) in [6.07, 6.45) is 5.08. The van der Waals surface area contributed by atoms with E-state index in [2.05, 4.69) is 26.8 Å². The monoisotopic (exact) mass is 493 g/mol. The van der Waals surface area contributed by atoms with Crippen molar-refractivity contribution in [1.29, 1.82) is 0 Å². The minimum Gasteiger partial charge on any atom is -0.423 e. The van der Waals surface area contributed by atoms with Crippen LogP contribution in [0.5, 0.6) is 0 Å². The average molecular weight is 494 g/mol. The molecule has 37 heavy (non-hydrogen) atoms. The molecular weight excluding hydrogens is 470 g/mol. The summed E-state index contributed by atoms with van der Waals surface area (Å²) in [4.78, 5) is 40.1. The van der Waals surface area contributed by atoms with Crippen molar-refractivity contribution in [2.75, 3.05) is 24.1 Å². The van der Waals surface area contributed by atoms with Crippen LogP contribution in [-0.4, -0.2) is 49.3 Å². The highest BCUT2D eigenvalue weighted by atomic mass is 16.4. The first-order valence-electron chi connectivity index (χ1n) is 11.8. The standard InChI is InChI=1S/C27H23N7O3/c1-2-22(35)33-11-10-18(13-33)34-14-19(23-24(28)29-15-30-25(23)34)26(36)32-27-31-20-12-17(8-9-21(20)37-27)16-6-4-3-5-7-16/h2-9,12,14-15,18H,1,10-11,13H2,(H2,28,29,30)(H,31,32,36). The van der Waals surface area contributed by atoms with E-state index in [-0.39, 0.29) is 23.8 Å². The molecule has 3 N–H and O–H groups in total. The van der Waals surface area contributed by atoms with Gasteiger partial charge in [-0.3, -0.25) is 14.9 Å². The lowest BCUT2D eigenvalue weighted by Crippen LogP contribution is -2.27. The fraction of sp³-hybridized carbons (Fsp3) is 0.148. The summed E-state index contributed by atoms with van der Waals surface area (Å²) >= 11 is 0. The highest BCUT2D eigenvalue weighted by Crippen LogP contribution is 2.32. The SMILES string of the molecule is C=CC(=O)N1CCC(n2cc(C(=O)Nc3nc4cc(-c5ccccc5)ccc4o3)c3c(N)ncnc32)C1. The first-order chi connectivity index (χ1) is 18.0. The Morgan fingerprint density at radius 3 is 2.78 bits per heavy atom. The molecule has 6 rings (SSSR count). The van der Waals surface area contributed by atoms with Crippen molar-refractivity contribution in [1.82, 2.24) is 24.4 Å². The summed E-state index contributed by atoms with van der Waals surface area (Å²) in [5.74, 6) is -0.384. The molecule has 5 aromatic rings. The molecule has 2 amide bonds. The van der Waals surface area contributed by atoms with Gasteiger partial charge in [-0.05, 0) is 35.8 Å². The minimum atomic E-state index is -0.447. The van der Waals surface area contributed by atoms with Gasteiger partial charge >= 0.3 is 6.01 Å². The van der Waals surface area contributed by atoms with Gasteiger partial charge in [0.1, 0.15) is 23.3 Å². The summed E-state index contributed by atoms with van der Waals surface area (Å²) in [6.45, 7) is 4.63. The molecule has 3 aromatic heterocycles. The minimum absolute atomic E-state index is 0.0667. The first-order valence-corrected chi connectivity index (χ1v) is 11.8. The van der Waals surface area contributed by atoms with Crippen molar-refractivity contribution in [3.63, 3.8) is 0 Å². The molecule has 10 nitrogen and oxygen atoms in total. The summed E-state index contributed by atoms with van der Waals surface area (Å²) in [6, 6.07) is 15.6. The molecule has 4 heterocycles. The van der Waals surface area contributed by atoms with E-state index in [0.29, 0.717) is 47.2 Å². The Morgan fingerprint density at radius 1 is 1.14 bits per heavy atom. The molecule has 1 saturated heterocycles. The van der Waals surface area contributed by atoms with Crippen molar-refractivity contribution in [2.24, 2.45) is 0 Å². The number of fused-ring (bicyclic) bond motifs is 2. The van der Waals surface area contributed by atoms with Crippen LogP contribution in [0.4, 0.5) is 11.8 Å². The van der Waals surface area contributed by atoms with Gasteiger partial charge < -0.3 is 19.6 Å². The van der Waals surface area contributed by atoms with Crippen LogP contribution < -0.4 is 11.1 Å². The molecule has 1 aliphatic rings. The largest absolute Gasteiger partial charge is 0.423 e. The van der Waals surface area contributed by atoms with Gasteiger partial charge in [-0.25, -0.2) is 9.97 Å². The Bertz CT molecular complexity index is 1670. The molecule has 0 aliphatic carbocycles. The maximum atomic E-state index is 13.4. The van der Waals surface area contributed by atoms with E-state index in [4.69, 9.17) is 10.2 Å². The molecule has 1 aliphatic heterocycles. The second kappa shape index (κ2) is 8.90. The fourth-order valence-corrected chi connectivity index (χ4v) is 4.81. The predicted octanol–water partition coefficient (Wildman–Crippen LogP) is 4.03. The fourth-order valence-electron chi connectivity index (χ4n) is 4.81. The predicted molar refractivity (Wildman–Crippen MR) is 140 cm³/mol. The van der Waals surface area contributed by atoms with E-state index in [9.17, 15) is 9.59 Å². The molecule has 0 spiro atoms. The van der Waals surface area contributed by atoms with E-state index in [1.807, 2.05) is 53.1 Å². The van der Waals surface area contributed by atoms with Crippen LogP contribution in [0.25, 0.3) is 33.3 Å². The van der Waals surface area contributed by atoms with Crippen LogP contribution in [0.15, 0.2) is 78.1 Å². The molecule has 0 radical (unpaired) electrons. The zero-order valence-corrected chi connectivity index (χ0v) is 19.8. The Kier molecular flexibility index (Phi) is 5.41. The number of carbonyl (C=O) groups is 2.